The SMILES string of the molecule is CCCc1ccc(-n2nc(-c3ccc(O)cc3)c(-c3ccccc3)c2-c2ccc(O)cc2)cc1. The monoisotopic (exact) mass is 446 g/mol. The molecule has 0 saturated heterocycles. The van der Waals surface area contributed by atoms with Crippen LogP contribution in [0.2, 0.25) is 0 Å². The molecule has 0 radical (unpaired) electrons. The molecule has 0 aliphatic rings. The number of nitrogens with zero attached hydrogens (tertiary/aromatic N) is 2. The predicted octanol–water partition coefficient (Wildman–Crippen LogP) is 7.24. The highest BCUT2D eigenvalue weighted by atomic mass is 16.3. The van der Waals surface area contributed by atoms with Gasteiger partial charge in [0.2, 0.25) is 0 Å². The van der Waals surface area contributed by atoms with Gasteiger partial charge in [-0.15, -0.1) is 0 Å². The number of hydrogen-bond donors (Lipinski definition) is 2. The zero-order valence-electron chi connectivity index (χ0n) is 19.0. The molecule has 2 N–H and O–H groups in total. The van der Waals surface area contributed by atoms with Gasteiger partial charge >= 0.3 is 0 Å². The molecule has 0 amide bonds. The number of phenols is 2. The van der Waals surface area contributed by atoms with E-state index in [1.807, 2.05) is 47.1 Å². The van der Waals surface area contributed by atoms with Crippen molar-refractivity contribution in [3.05, 3.63) is 109 Å². The second-order valence-corrected chi connectivity index (χ2v) is 8.36. The normalized spacial score (nSPS) is 11.0. The third-order valence-corrected chi connectivity index (χ3v) is 5.95. The first-order valence-corrected chi connectivity index (χ1v) is 11.5. The molecule has 0 fully saturated rings. The summed E-state index contributed by atoms with van der Waals surface area (Å²) in [5, 5.41) is 24.9. The standard InChI is InChI=1S/C30H26N2O2/c1-2-6-21-9-15-25(16-10-21)32-30(24-13-19-27(34)20-14-24)28(22-7-4-3-5-8-22)29(31-32)23-11-17-26(33)18-12-23/h3-5,7-20,33-34H,2,6H2,1H3. The molecule has 1 heterocycles. The number of phenolic OH excluding ortho intramolecular Hbond substituents is 2. The van der Waals surface area contributed by atoms with Crippen LogP contribution in [0.3, 0.4) is 0 Å². The molecule has 0 saturated carbocycles. The zero-order chi connectivity index (χ0) is 23.5. The van der Waals surface area contributed by atoms with Crippen molar-refractivity contribution in [2.75, 3.05) is 0 Å². The summed E-state index contributed by atoms with van der Waals surface area (Å²) >= 11 is 0. The Bertz CT molecular complexity index is 1390. The smallest absolute Gasteiger partial charge is 0.115 e. The first-order valence-electron chi connectivity index (χ1n) is 11.5. The van der Waals surface area contributed by atoms with Crippen LogP contribution in [0.5, 0.6) is 11.5 Å². The van der Waals surface area contributed by atoms with Crippen molar-refractivity contribution >= 4 is 0 Å². The van der Waals surface area contributed by atoms with Crippen molar-refractivity contribution in [3.63, 3.8) is 0 Å². The van der Waals surface area contributed by atoms with E-state index in [0.29, 0.717) is 0 Å². The molecule has 4 nitrogen and oxygen atoms in total. The quantitative estimate of drug-likeness (QED) is 0.289. The van der Waals surface area contributed by atoms with Crippen LogP contribution < -0.4 is 0 Å². The number of hydrogen-bond acceptors (Lipinski definition) is 3. The second-order valence-electron chi connectivity index (χ2n) is 8.36. The minimum Gasteiger partial charge on any atom is -0.508 e. The van der Waals surface area contributed by atoms with Gasteiger partial charge in [0, 0.05) is 16.7 Å². The van der Waals surface area contributed by atoms with Crippen LogP contribution in [0.15, 0.2) is 103 Å². The maximum atomic E-state index is 9.92. The Balaban J connectivity index is 1.81. The van der Waals surface area contributed by atoms with Crippen LogP contribution in [-0.2, 0) is 6.42 Å². The van der Waals surface area contributed by atoms with E-state index in [9.17, 15) is 10.2 Å². The van der Waals surface area contributed by atoms with E-state index >= 15 is 0 Å². The molecule has 1 aromatic heterocycles. The maximum Gasteiger partial charge on any atom is 0.115 e. The van der Waals surface area contributed by atoms with Gasteiger partial charge in [-0.05, 0) is 78.2 Å². The third kappa shape index (κ3) is 4.18. The summed E-state index contributed by atoms with van der Waals surface area (Å²) < 4.78 is 1.98. The summed E-state index contributed by atoms with van der Waals surface area (Å²) in [6.45, 7) is 2.18. The lowest BCUT2D eigenvalue weighted by Crippen LogP contribution is -2.00. The van der Waals surface area contributed by atoms with E-state index < -0.39 is 0 Å². The molecular formula is C30H26N2O2. The summed E-state index contributed by atoms with van der Waals surface area (Å²) in [5.74, 6) is 0.438. The van der Waals surface area contributed by atoms with Gasteiger partial charge in [-0.1, -0.05) is 55.8 Å². The fourth-order valence-electron chi connectivity index (χ4n) is 4.28. The van der Waals surface area contributed by atoms with Crippen molar-refractivity contribution in [2.24, 2.45) is 0 Å². The fraction of sp³-hybridized carbons (Fsp3) is 0.100. The van der Waals surface area contributed by atoms with E-state index in [-0.39, 0.29) is 11.5 Å². The Kier molecular flexibility index (Phi) is 5.88. The summed E-state index contributed by atoms with van der Waals surface area (Å²) in [6, 6.07) is 33.1. The Morgan fingerprint density at radius 3 is 1.82 bits per heavy atom. The van der Waals surface area contributed by atoms with Crippen molar-refractivity contribution in [2.45, 2.75) is 19.8 Å². The number of aromatic nitrogens is 2. The molecular weight excluding hydrogens is 420 g/mol. The highest BCUT2D eigenvalue weighted by molar-refractivity contribution is 5.92. The number of aryl methyl sites for hydroxylation is 1. The first-order chi connectivity index (χ1) is 16.6. The highest BCUT2D eigenvalue weighted by Gasteiger charge is 2.23. The fourth-order valence-corrected chi connectivity index (χ4v) is 4.28. The first kappa shape index (κ1) is 21.5. The number of benzene rings is 4. The molecule has 0 aliphatic heterocycles. The van der Waals surface area contributed by atoms with E-state index in [0.717, 1.165) is 52.2 Å². The summed E-state index contributed by atoms with van der Waals surface area (Å²) in [7, 11) is 0. The lowest BCUT2D eigenvalue weighted by molar-refractivity contribution is 0.475. The molecule has 168 valence electrons. The minimum absolute atomic E-state index is 0.217. The molecule has 0 unspecified atom stereocenters. The molecule has 4 heteroatoms. The third-order valence-electron chi connectivity index (χ3n) is 5.95. The van der Waals surface area contributed by atoms with Crippen LogP contribution in [0.25, 0.3) is 39.3 Å². The lowest BCUT2D eigenvalue weighted by Gasteiger charge is -2.12. The van der Waals surface area contributed by atoms with Gasteiger partial charge in [-0.3, -0.25) is 0 Å². The Morgan fingerprint density at radius 2 is 1.24 bits per heavy atom. The van der Waals surface area contributed by atoms with Crippen LogP contribution in [0, 0.1) is 0 Å². The van der Waals surface area contributed by atoms with Crippen LogP contribution in [0.1, 0.15) is 18.9 Å². The Hall–Kier alpha value is -4.31. The van der Waals surface area contributed by atoms with Crippen LogP contribution in [-0.4, -0.2) is 20.0 Å². The Labute approximate surface area is 199 Å². The molecule has 0 atom stereocenters. The average Bonchev–Trinajstić information content (AvgIpc) is 3.27. The van der Waals surface area contributed by atoms with Crippen molar-refractivity contribution in [1.82, 2.24) is 9.78 Å². The van der Waals surface area contributed by atoms with Gasteiger partial charge in [0.15, 0.2) is 0 Å². The number of aromatic hydroxyl groups is 2. The second kappa shape index (κ2) is 9.28. The molecule has 0 spiro atoms. The summed E-state index contributed by atoms with van der Waals surface area (Å²) in [6.07, 6.45) is 2.14. The molecule has 5 rings (SSSR count). The van der Waals surface area contributed by atoms with Gasteiger partial charge < -0.3 is 10.2 Å². The van der Waals surface area contributed by atoms with Crippen LogP contribution in [0.4, 0.5) is 0 Å². The molecule has 0 bridgehead atoms. The summed E-state index contributed by atoms with van der Waals surface area (Å²) in [5.41, 5.74) is 7.93. The van der Waals surface area contributed by atoms with Gasteiger partial charge in [0.1, 0.15) is 17.2 Å². The van der Waals surface area contributed by atoms with Gasteiger partial charge in [-0.2, -0.15) is 5.10 Å². The molecule has 4 aromatic carbocycles. The minimum atomic E-state index is 0.217. The average molecular weight is 447 g/mol. The summed E-state index contributed by atoms with van der Waals surface area (Å²) in [4.78, 5) is 0. The van der Waals surface area contributed by atoms with Crippen molar-refractivity contribution in [1.29, 1.82) is 0 Å². The maximum absolute atomic E-state index is 9.92. The molecule has 5 aromatic rings. The largest absolute Gasteiger partial charge is 0.508 e. The van der Waals surface area contributed by atoms with E-state index in [1.165, 1.54) is 5.56 Å². The van der Waals surface area contributed by atoms with E-state index in [4.69, 9.17) is 5.10 Å². The molecule has 0 aliphatic carbocycles. The topological polar surface area (TPSA) is 58.3 Å². The van der Waals surface area contributed by atoms with Crippen LogP contribution >= 0.6 is 0 Å². The predicted molar refractivity (Wildman–Crippen MR) is 137 cm³/mol. The van der Waals surface area contributed by atoms with E-state index in [2.05, 4.69) is 43.3 Å². The van der Waals surface area contributed by atoms with Crippen molar-refractivity contribution in [3.8, 4) is 50.8 Å². The molecule has 34 heavy (non-hydrogen) atoms. The lowest BCUT2D eigenvalue weighted by atomic mass is 9.95. The number of rotatable bonds is 6. The highest BCUT2D eigenvalue weighted by Crippen LogP contribution is 2.41. The van der Waals surface area contributed by atoms with Gasteiger partial charge in [-0.25, -0.2) is 4.68 Å². The van der Waals surface area contributed by atoms with E-state index in [1.54, 1.807) is 24.3 Å². The van der Waals surface area contributed by atoms with Gasteiger partial charge in [0.05, 0.1) is 11.4 Å². The van der Waals surface area contributed by atoms with Gasteiger partial charge in [0.25, 0.3) is 0 Å². The zero-order valence-corrected chi connectivity index (χ0v) is 19.0. The Morgan fingerprint density at radius 1 is 0.647 bits per heavy atom. The van der Waals surface area contributed by atoms with Crippen molar-refractivity contribution < 1.29 is 10.2 Å².